The summed E-state index contributed by atoms with van der Waals surface area (Å²) in [5.41, 5.74) is 1.05. The number of amides is 1. The minimum Gasteiger partial charge on any atom is -0.339 e. The SMILES string of the molecule is CCCc1noc(CCCC(=O)Nc2ccc(NS(C)(=O)=O)cc2)n1. The molecule has 1 aromatic heterocycles. The molecular formula is C16H22N4O4S. The zero-order valence-corrected chi connectivity index (χ0v) is 15.1. The third-order valence-corrected chi connectivity index (χ3v) is 3.86. The van der Waals surface area contributed by atoms with Crippen LogP contribution in [0.4, 0.5) is 11.4 Å². The van der Waals surface area contributed by atoms with Crippen molar-refractivity contribution in [1.29, 1.82) is 0 Å². The molecule has 0 saturated heterocycles. The van der Waals surface area contributed by atoms with Gasteiger partial charge in [0, 0.05) is 30.6 Å². The molecule has 9 heteroatoms. The number of hydrogen-bond acceptors (Lipinski definition) is 6. The van der Waals surface area contributed by atoms with Crippen molar-refractivity contribution in [2.75, 3.05) is 16.3 Å². The summed E-state index contributed by atoms with van der Waals surface area (Å²) in [5.74, 6) is 1.12. The molecule has 0 radical (unpaired) electrons. The second kappa shape index (κ2) is 8.61. The fraction of sp³-hybridized carbons (Fsp3) is 0.438. The first-order valence-corrected chi connectivity index (χ1v) is 9.94. The van der Waals surface area contributed by atoms with E-state index in [0.717, 1.165) is 19.1 Å². The molecule has 0 aliphatic carbocycles. The number of rotatable bonds is 9. The number of aromatic nitrogens is 2. The van der Waals surface area contributed by atoms with Gasteiger partial charge in [-0.3, -0.25) is 9.52 Å². The number of nitrogens with one attached hydrogen (secondary N) is 2. The summed E-state index contributed by atoms with van der Waals surface area (Å²) in [6, 6.07) is 6.45. The smallest absolute Gasteiger partial charge is 0.229 e. The Morgan fingerprint density at radius 3 is 2.48 bits per heavy atom. The highest BCUT2D eigenvalue weighted by Crippen LogP contribution is 2.15. The lowest BCUT2D eigenvalue weighted by molar-refractivity contribution is -0.116. The number of hydrogen-bond donors (Lipinski definition) is 2. The Labute approximate surface area is 147 Å². The summed E-state index contributed by atoms with van der Waals surface area (Å²) >= 11 is 0. The highest BCUT2D eigenvalue weighted by molar-refractivity contribution is 7.92. The monoisotopic (exact) mass is 366 g/mol. The summed E-state index contributed by atoms with van der Waals surface area (Å²) in [4.78, 5) is 16.2. The predicted octanol–water partition coefficient (Wildman–Crippen LogP) is 2.36. The van der Waals surface area contributed by atoms with Gasteiger partial charge >= 0.3 is 0 Å². The van der Waals surface area contributed by atoms with E-state index in [1.54, 1.807) is 24.3 Å². The molecule has 0 unspecified atom stereocenters. The molecule has 8 nitrogen and oxygen atoms in total. The molecular weight excluding hydrogens is 344 g/mol. The fourth-order valence-corrected chi connectivity index (χ4v) is 2.74. The van der Waals surface area contributed by atoms with Crippen LogP contribution in [-0.4, -0.2) is 30.7 Å². The minimum absolute atomic E-state index is 0.128. The largest absolute Gasteiger partial charge is 0.339 e. The molecule has 0 bridgehead atoms. The van der Waals surface area contributed by atoms with Gasteiger partial charge in [-0.15, -0.1) is 0 Å². The van der Waals surface area contributed by atoms with Crippen LogP contribution >= 0.6 is 0 Å². The van der Waals surface area contributed by atoms with Gasteiger partial charge in [-0.1, -0.05) is 12.1 Å². The summed E-state index contributed by atoms with van der Waals surface area (Å²) in [5, 5.41) is 6.63. The Balaban J connectivity index is 1.76. The van der Waals surface area contributed by atoms with Gasteiger partial charge in [0.25, 0.3) is 0 Å². The van der Waals surface area contributed by atoms with E-state index in [1.807, 2.05) is 6.92 Å². The Morgan fingerprint density at radius 1 is 1.16 bits per heavy atom. The molecule has 2 rings (SSSR count). The standard InChI is InChI=1S/C16H22N4O4S/c1-3-5-14-18-16(24-19-14)7-4-6-15(21)17-12-8-10-13(11-9-12)20-25(2,22)23/h8-11,20H,3-7H2,1-2H3,(H,17,21). The van der Waals surface area contributed by atoms with Crippen LogP contribution < -0.4 is 10.0 Å². The van der Waals surface area contributed by atoms with E-state index < -0.39 is 10.0 Å². The van der Waals surface area contributed by atoms with E-state index in [2.05, 4.69) is 20.2 Å². The highest BCUT2D eigenvalue weighted by atomic mass is 32.2. The quantitative estimate of drug-likeness (QED) is 0.704. The van der Waals surface area contributed by atoms with Crippen LogP contribution in [0.3, 0.4) is 0 Å². The maximum atomic E-state index is 11.9. The second-order valence-electron chi connectivity index (χ2n) is 5.71. The molecule has 1 amide bonds. The van der Waals surface area contributed by atoms with Gasteiger partial charge in [0.2, 0.25) is 21.8 Å². The molecule has 25 heavy (non-hydrogen) atoms. The van der Waals surface area contributed by atoms with E-state index in [9.17, 15) is 13.2 Å². The number of sulfonamides is 1. The molecule has 0 fully saturated rings. The van der Waals surface area contributed by atoms with Crippen molar-refractivity contribution >= 4 is 27.3 Å². The number of benzene rings is 1. The maximum Gasteiger partial charge on any atom is 0.229 e. The van der Waals surface area contributed by atoms with Crippen molar-refractivity contribution in [3.63, 3.8) is 0 Å². The predicted molar refractivity (Wildman–Crippen MR) is 94.8 cm³/mol. The molecule has 1 aromatic carbocycles. The second-order valence-corrected chi connectivity index (χ2v) is 7.46. The first-order chi connectivity index (χ1) is 11.9. The van der Waals surface area contributed by atoms with Crippen molar-refractivity contribution < 1.29 is 17.7 Å². The Kier molecular flexibility index (Phi) is 6.51. The Hall–Kier alpha value is -2.42. The Morgan fingerprint density at radius 2 is 1.84 bits per heavy atom. The van der Waals surface area contributed by atoms with Crippen molar-refractivity contribution in [2.24, 2.45) is 0 Å². The van der Waals surface area contributed by atoms with Crippen LogP contribution in [0.1, 0.15) is 37.9 Å². The number of carbonyl (C=O) groups is 1. The van der Waals surface area contributed by atoms with Gasteiger partial charge in [-0.25, -0.2) is 8.42 Å². The van der Waals surface area contributed by atoms with Gasteiger partial charge < -0.3 is 9.84 Å². The zero-order valence-electron chi connectivity index (χ0n) is 14.3. The topological polar surface area (TPSA) is 114 Å². The van der Waals surface area contributed by atoms with Crippen molar-refractivity contribution in [2.45, 2.75) is 39.0 Å². The van der Waals surface area contributed by atoms with Crippen LogP contribution in [-0.2, 0) is 27.7 Å². The van der Waals surface area contributed by atoms with Crippen LogP contribution in [0.25, 0.3) is 0 Å². The van der Waals surface area contributed by atoms with Crippen LogP contribution in [0.15, 0.2) is 28.8 Å². The average Bonchev–Trinajstić information content (AvgIpc) is 2.96. The molecule has 2 aromatic rings. The fourth-order valence-electron chi connectivity index (χ4n) is 2.18. The van der Waals surface area contributed by atoms with Crippen LogP contribution in [0.5, 0.6) is 0 Å². The number of carbonyl (C=O) groups excluding carboxylic acids is 1. The summed E-state index contributed by atoms with van der Waals surface area (Å²) in [6.07, 6.45) is 4.31. The molecule has 0 aliphatic rings. The van der Waals surface area contributed by atoms with E-state index in [4.69, 9.17) is 4.52 Å². The van der Waals surface area contributed by atoms with Gasteiger partial charge in [0.05, 0.1) is 6.26 Å². The van der Waals surface area contributed by atoms with Crippen molar-refractivity contribution in [3.8, 4) is 0 Å². The van der Waals surface area contributed by atoms with Gasteiger partial charge in [0.1, 0.15) is 0 Å². The van der Waals surface area contributed by atoms with E-state index in [-0.39, 0.29) is 5.91 Å². The first-order valence-electron chi connectivity index (χ1n) is 8.05. The number of anilines is 2. The lowest BCUT2D eigenvalue weighted by Gasteiger charge is -2.07. The summed E-state index contributed by atoms with van der Waals surface area (Å²) in [6.45, 7) is 2.05. The molecule has 0 atom stereocenters. The van der Waals surface area contributed by atoms with E-state index in [0.29, 0.717) is 42.4 Å². The van der Waals surface area contributed by atoms with Crippen LogP contribution in [0.2, 0.25) is 0 Å². The minimum atomic E-state index is -3.31. The molecule has 1 heterocycles. The maximum absolute atomic E-state index is 11.9. The lowest BCUT2D eigenvalue weighted by Crippen LogP contribution is -2.12. The number of aryl methyl sites for hydroxylation is 2. The molecule has 136 valence electrons. The zero-order chi connectivity index (χ0) is 18.3. The summed E-state index contributed by atoms with van der Waals surface area (Å²) in [7, 11) is -3.31. The van der Waals surface area contributed by atoms with Gasteiger partial charge in [0.15, 0.2) is 5.82 Å². The van der Waals surface area contributed by atoms with Crippen molar-refractivity contribution in [1.82, 2.24) is 10.1 Å². The van der Waals surface area contributed by atoms with Crippen LogP contribution in [0, 0.1) is 0 Å². The van der Waals surface area contributed by atoms with E-state index >= 15 is 0 Å². The van der Waals surface area contributed by atoms with Gasteiger partial charge in [-0.2, -0.15) is 4.98 Å². The molecule has 2 N–H and O–H groups in total. The molecule has 0 saturated carbocycles. The molecule has 0 aliphatic heterocycles. The Bertz CT molecular complexity index is 800. The average molecular weight is 366 g/mol. The van der Waals surface area contributed by atoms with Crippen molar-refractivity contribution in [3.05, 3.63) is 36.0 Å². The summed E-state index contributed by atoms with van der Waals surface area (Å²) < 4.78 is 29.8. The third-order valence-electron chi connectivity index (χ3n) is 3.25. The first kappa shape index (κ1) is 18.9. The number of nitrogens with zero attached hydrogens (tertiary/aromatic N) is 2. The normalized spacial score (nSPS) is 11.3. The van der Waals surface area contributed by atoms with E-state index in [1.165, 1.54) is 0 Å². The molecule has 0 spiro atoms. The lowest BCUT2D eigenvalue weighted by atomic mass is 10.2. The van der Waals surface area contributed by atoms with Gasteiger partial charge in [-0.05, 0) is 37.1 Å². The third kappa shape index (κ3) is 6.92. The highest BCUT2D eigenvalue weighted by Gasteiger charge is 2.08.